The number of fused-ring (bicyclic) bond motifs is 1. The molecule has 1 aromatic carbocycles. The highest BCUT2D eigenvalue weighted by molar-refractivity contribution is 6.13. The van der Waals surface area contributed by atoms with Gasteiger partial charge in [0.05, 0.1) is 5.69 Å². The normalized spacial score (nSPS) is 14.6. The maximum atomic E-state index is 11.6. The summed E-state index contributed by atoms with van der Waals surface area (Å²) in [5.74, 6) is 0.741. The summed E-state index contributed by atoms with van der Waals surface area (Å²) in [5, 5.41) is 0. The number of hydrogen-bond acceptors (Lipinski definition) is 3. The van der Waals surface area contributed by atoms with Gasteiger partial charge in [0.15, 0.2) is 6.61 Å². The van der Waals surface area contributed by atoms with Crippen LogP contribution in [0.3, 0.4) is 0 Å². The van der Waals surface area contributed by atoms with Crippen LogP contribution in [0.1, 0.15) is 12.5 Å². The smallest absolute Gasteiger partial charge is 0.265 e. The van der Waals surface area contributed by atoms with Crippen LogP contribution in [0, 0.1) is 0 Å². The minimum absolute atomic E-state index is 0.00835. The third kappa shape index (κ3) is 1.99. The van der Waals surface area contributed by atoms with Crippen molar-refractivity contribution in [2.75, 3.05) is 18.1 Å². The van der Waals surface area contributed by atoms with Crippen molar-refractivity contribution in [1.29, 1.82) is 0 Å². The van der Waals surface area contributed by atoms with Gasteiger partial charge in [-0.1, -0.05) is 6.07 Å². The molecule has 1 N–H and O–H groups in total. The van der Waals surface area contributed by atoms with Gasteiger partial charge in [0.2, 0.25) is 0 Å². The van der Waals surface area contributed by atoms with Crippen LogP contribution in [0.25, 0.3) is 0 Å². The number of halogens is 1. The van der Waals surface area contributed by atoms with E-state index in [1.54, 1.807) is 4.90 Å². The Morgan fingerprint density at radius 2 is 2.38 bits per heavy atom. The summed E-state index contributed by atoms with van der Waals surface area (Å²) in [4.78, 5) is 15.9. The zero-order valence-corrected chi connectivity index (χ0v) is 9.75. The first kappa shape index (κ1) is 11.2. The average molecular weight is 241 g/mol. The molecule has 0 aromatic heterocycles. The number of carbonyl (C=O) groups excluding carboxylic acids is 1. The van der Waals surface area contributed by atoms with Crippen LogP contribution >= 0.6 is 11.8 Å². The highest BCUT2D eigenvalue weighted by Gasteiger charge is 2.24. The predicted molar refractivity (Wildman–Crippen MR) is 62.7 cm³/mol. The molecule has 0 fully saturated rings. The number of amides is 1. The Hall–Kier alpha value is -1.26. The summed E-state index contributed by atoms with van der Waals surface area (Å²) < 4.78 is 5.36. The Balaban J connectivity index is 2.37. The van der Waals surface area contributed by atoms with Gasteiger partial charge in [-0.05, 0) is 36.4 Å². The minimum atomic E-state index is -0.00835. The molecule has 0 radical (unpaired) electrons. The predicted octanol–water partition coefficient (Wildman–Crippen LogP) is 1.68. The van der Waals surface area contributed by atoms with Gasteiger partial charge in [-0.3, -0.25) is 4.79 Å². The molecule has 1 aliphatic rings. The topological polar surface area (TPSA) is 41.6 Å². The largest absolute Gasteiger partial charge is 0.482 e. The van der Waals surface area contributed by atoms with E-state index >= 15 is 0 Å². The van der Waals surface area contributed by atoms with Gasteiger partial charge in [-0.2, -0.15) is 0 Å². The Labute approximate surface area is 99.2 Å². The molecule has 4 nitrogen and oxygen atoms in total. The number of ether oxygens (including phenoxy) is 1. The van der Waals surface area contributed by atoms with Crippen molar-refractivity contribution in [1.82, 2.24) is 4.84 Å². The van der Waals surface area contributed by atoms with Gasteiger partial charge in [0.1, 0.15) is 5.75 Å². The third-order valence-electron chi connectivity index (χ3n) is 2.55. The van der Waals surface area contributed by atoms with Gasteiger partial charge in [-0.15, -0.1) is 0 Å². The zero-order valence-electron chi connectivity index (χ0n) is 9.00. The number of carbonyl (C=O) groups is 1. The van der Waals surface area contributed by atoms with Crippen LogP contribution in [-0.2, 0) is 11.3 Å². The standard InChI is InChI=1S/C11H13ClN2O2/c1-2-14-9-5-8(6-13-12)3-4-10(9)16-7-11(14)15/h3-5,13H,2,6-7H2,1H3. The summed E-state index contributed by atoms with van der Waals surface area (Å²) in [6.45, 7) is 3.26. The molecule has 0 spiro atoms. The number of nitrogens with zero attached hydrogens (tertiary/aromatic N) is 1. The number of rotatable bonds is 3. The fourth-order valence-corrected chi connectivity index (χ4v) is 1.94. The lowest BCUT2D eigenvalue weighted by molar-refractivity contribution is -0.121. The molecule has 0 aliphatic carbocycles. The molecule has 0 saturated heterocycles. The van der Waals surface area contributed by atoms with E-state index in [2.05, 4.69) is 4.84 Å². The number of likely N-dealkylation sites (N-methyl/N-ethyl adjacent to an activating group) is 1. The van der Waals surface area contributed by atoms with E-state index in [4.69, 9.17) is 16.5 Å². The molecule has 1 aliphatic heterocycles. The van der Waals surface area contributed by atoms with E-state index in [1.165, 1.54) is 0 Å². The first-order valence-corrected chi connectivity index (χ1v) is 5.53. The third-order valence-corrected chi connectivity index (χ3v) is 2.69. The molecule has 1 heterocycles. The van der Waals surface area contributed by atoms with Crippen LogP contribution in [0.5, 0.6) is 5.75 Å². The molecule has 16 heavy (non-hydrogen) atoms. The summed E-state index contributed by atoms with van der Waals surface area (Å²) in [6.07, 6.45) is 0. The lowest BCUT2D eigenvalue weighted by Gasteiger charge is -2.28. The van der Waals surface area contributed by atoms with Gasteiger partial charge in [0, 0.05) is 13.1 Å². The molecule has 0 unspecified atom stereocenters. The van der Waals surface area contributed by atoms with E-state index in [1.807, 2.05) is 25.1 Å². The molecule has 0 bridgehead atoms. The van der Waals surface area contributed by atoms with Crippen molar-refractivity contribution in [3.63, 3.8) is 0 Å². The fraction of sp³-hybridized carbons (Fsp3) is 0.364. The number of hydrogen-bond donors (Lipinski definition) is 1. The Morgan fingerprint density at radius 1 is 1.56 bits per heavy atom. The molecule has 86 valence electrons. The summed E-state index contributed by atoms with van der Waals surface area (Å²) in [5.41, 5.74) is 1.84. The van der Waals surface area contributed by atoms with Crippen molar-refractivity contribution < 1.29 is 9.53 Å². The van der Waals surface area contributed by atoms with Crippen LogP contribution in [0.15, 0.2) is 18.2 Å². The Morgan fingerprint density at radius 3 is 3.06 bits per heavy atom. The van der Waals surface area contributed by atoms with E-state index in [0.29, 0.717) is 13.1 Å². The van der Waals surface area contributed by atoms with Gasteiger partial charge in [0.25, 0.3) is 5.91 Å². The van der Waals surface area contributed by atoms with Crippen LogP contribution in [-0.4, -0.2) is 19.1 Å². The molecule has 1 amide bonds. The maximum Gasteiger partial charge on any atom is 0.265 e. The highest BCUT2D eigenvalue weighted by atomic mass is 35.5. The van der Waals surface area contributed by atoms with Crippen molar-refractivity contribution in [3.05, 3.63) is 23.8 Å². The first-order valence-electron chi connectivity index (χ1n) is 5.16. The van der Waals surface area contributed by atoms with E-state index < -0.39 is 0 Å². The molecule has 0 saturated carbocycles. The lowest BCUT2D eigenvalue weighted by Crippen LogP contribution is -2.38. The van der Waals surface area contributed by atoms with Crippen molar-refractivity contribution >= 4 is 23.4 Å². The highest BCUT2D eigenvalue weighted by Crippen LogP contribution is 2.32. The average Bonchev–Trinajstić information content (AvgIpc) is 2.29. The SMILES string of the molecule is CCN1C(=O)COc2ccc(CNCl)cc21. The van der Waals surface area contributed by atoms with Gasteiger partial charge < -0.3 is 9.64 Å². The van der Waals surface area contributed by atoms with Crippen LogP contribution < -0.4 is 14.5 Å². The van der Waals surface area contributed by atoms with Gasteiger partial charge in [-0.25, -0.2) is 4.84 Å². The molecular formula is C11H13ClN2O2. The number of nitrogens with one attached hydrogen (secondary N) is 1. The summed E-state index contributed by atoms with van der Waals surface area (Å²) in [7, 11) is 0. The van der Waals surface area contributed by atoms with E-state index in [0.717, 1.165) is 17.0 Å². The number of anilines is 1. The first-order chi connectivity index (χ1) is 7.76. The van der Waals surface area contributed by atoms with Gasteiger partial charge >= 0.3 is 0 Å². The summed E-state index contributed by atoms with van der Waals surface area (Å²) >= 11 is 5.46. The lowest BCUT2D eigenvalue weighted by atomic mass is 10.1. The molecule has 2 rings (SSSR count). The molecule has 5 heteroatoms. The second-order valence-corrected chi connectivity index (χ2v) is 3.81. The second kappa shape index (κ2) is 4.72. The van der Waals surface area contributed by atoms with E-state index in [9.17, 15) is 4.79 Å². The van der Waals surface area contributed by atoms with Crippen molar-refractivity contribution in [2.45, 2.75) is 13.5 Å². The quantitative estimate of drug-likeness (QED) is 0.818. The zero-order chi connectivity index (χ0) is 11.5. The van der Waals surface area contributed by atoms with Crippen LogP contribution in [0.4, 0.5) is 5.69 Å². The Kier molecular flexibility index (Phi) is 3.31. The molecule has 1 aromatic rings. The maximum absolute atomic E-state index is 11.6. The fourth-order valence-electron chi connectivity index (χ4n) is 1.78. The monoisotopic (exact) mass is 240 g/mol. The molecular weight excluding hydrogens is 228 g/mol. The van der Waals surface area contributed by atoms with Crippen molar-refractivity contribution in [3.8, 4) is 5.75 Å². The van der Waals surface area contributed by atoms with Crippen molar-refractivity contribution in [2.24, 2.45) is 0 Å². The molecule has 0 atom stereocenters. The summed E-state index contributed by atoms with van der Waals surface area (Å²) in [6, 6.07) is 5.72. The second-order valence-electron chi connectivity index (χ2n) is 3.54. The Bertz CT molecular complexity index is 409. The minimum Gasteiger partial charge on any atom is -0.482 e. The van der Waals surface area contributed by atoms with Crippen LogP contribution in [0.2, 0.25) is 0 Å². The van der Waals surface area contributed by atoms with E-state index in [-0.39, 0.29) is 12.5 Å². The number of benzene rings is 1.